The second-order valence-electron chi connectivity index (χ2n) is 8.24. The zero-order valence-corrected chi connectivity index (χ0v) is 20.4. The van der Waals surface area contributed by atoms with E-state index >= 15 is 0 Å². The highest BCUT2D eigenvalue weighted by Crippen LogP contribution is 2.34. The molecule has 0 saturated carbocycles. The summed E-state index contributed by atoms with van der Waals surface area (Å²) in [6, 6.07) is 10.0. The Morgan fingerprint density at radius 2 is 1.83 bits per heavy atom. The second kappa shape index (κ2) is 10.8. The number of benzene rings is 2. The number of nitrogens with one attached hydrogen (secondary N) is 3. The van der Waals surface area contributed by atoms with Gasteiger partial charge in [0.2, 0.25) is 11.8 Å². The molecule has 0 fully saturated rings. The van der Waals surface area contributed by atoms with Crippen molar-refractivity contribution >= 4 is 52.0 Å². The fourth-order valence-electron chi connectivity index (χ4n) is 3.55. The third-order valence-electron chi connectivity index (χ3n) is 5.19. The van der Waals surface area contributed by atoms with Crippen LogP contribution < -0.4 is 20.9 Å². The number of hydrogen-bond acceptors (Lipinski definition) is 7. The normalized spacial score (nSPS) is 13.3. The molecule has 0 aromatic heterocycles. The summed E-state index contributed by atoms with van der Waals surface area (Å²) in [6.45, 7) is 3.59. The van der Waals surface area contributed by atoms with E-state index in [1.807, 2.05) is 0 Å². The summed E-state index contributed by atoms with van der Waals surface area (Å²) in [5.74, 6) is -1.19. The van der Waals surface area contributed by atoms with Gasteiger partial charge < -0.3 is 30.5 Å². The molecule has 0 spiro atoms. The van der Waals surface area contributed by atoms with Crippen LogP contribution in [0.25, 0.3) is 5.57 Å². The summed E-state index contributed by atoms with van der Waals surface area (Å²) >= 11 is 0. The summed E-state index contributed by atoms with van der Waals surface area (Å²) in [6.07, 6.45) is 1.55. The predicted octanol–water partition coefficient (Wildman–Crippen LogP) is 2.75. The molecule has 0 aliphatic carbocycles. The van der Waals surface area contributed by atoms with Gasteiger partial charge in [0, 0.05) is 37.1 Å². The molecule has 0 radical (unpaired) electrons. The van der Waals surface area contributed by atoms with Crippen LogP contribution in [0.5, 0.6) is 0 Å². The Kier molecular flexibility index (Phi) is 7.87. The molecule has 2 aromatic carbocycles. The van der Waals surface area contributed by atoms with E-state index in [0.29, 0.717) is 39.4 Å². The first-order valence-corrected chi connectivity index (χ1v) is 11.0. The topological polar surface area (TPSA) is 120 Å². The van der Waals surface area contributed by atoms with E-state index in [-0.39, 0.29) is 30.9 Å². The van der Waals surface area contributed by atoms with Crippen molar-refractivity contribution in [1.82, 2.24) is 4.90 Å². The summed E-state index contributed by atoms with van der Waals surface area (Å²) in [5, 5.41) is 8.58. The second-order valence-corrected chi connectivity index (χ2v) is 8.24. The Morgan fingerprint density at radius 3 is 2.49 bits per heavy atom. The first kappa shape index (κ1) is 25.4. The number of anilines is 4. The molecule has 0 bridgehead atoms. The Labute approximate surface area is 203 Å². The SMILES string of the molecule is CCOC(=O)c1ccc2c(c1)NC(=O)/C2=C\Nc1ccc(N(C)C(=O)CN(C)C)c(NC(C)=O)c1. The van der Waals surface area contributed by atoms with E-state index in [4.69, 9.17) is 4.74 Å². The van der Waals surface area contributed by atoms with Crippen molar-refractivity contribution in [1.29, 1.82) is 0 Å². The molecule has 3 rings (SSSR count). The van der Waals surface area contributed by atoms with Crippen molar-refractivity contribution in [2.75, 3.05) is 55.1 Å². The first-order valence-electron chi connectivity index (χ1n) is 11.0. The molecule has 10 heteroatoms. The molecule has 0 saturated heterocycles. The van der Waals surface area contributed by atoms with E-state index in [2.05, 4.69) is 16.0 Å². The minimum atomic E-state index is -0.459. The molecule has 35 heavy (non-hydrogen) atoms. The van der Waals surface area contributed by atoms with Crippen LogP contribution in [0.4, 0.5) is 22.7 Å². The summed E-state index contributed by atoms with van der Waals surface area (Å²) in [4.78, 5) is 52.0. The molecule has 1 aliphatic heterocycles. The molecular weight excluding hydrogens is 450 g/mol. The molecule has 0 unspecified atom stereocenters. The number of carbonyl (C=O) groups excluding carboxylic acids is 4. The first-order chi connectivity index (χ1) is 16.6. The van der Waals surface area contributed by atoms with Crippen molar-refractivity contribution in [3.05, 3.63) is 53.7 Å². The number of esters is 1. The van der Waals surface area contributed by atoms with Crippen LogP contribution in [0.1, 0.15) is 29.8 Å². The number of likely N-dealkylation sites (N-methyl/N-ethyl adjacent to an activating group) is 2. The van der Waals surface area contributed by atoms with Gasteiger partial charge >= 0.3 is 5.97 Å². The minimum Gasteiger partial charge on any atom is -0.462 e. The van der Waals surface area contributed by atoms with Gasteiger partial charge in [-0.25, -0.2) is 4.79 Å². The van der Waals surface area contributed by atoms with Gasteiger partial charge in [0.15, 0.2) is 0 Å². The van der Waals surface area contributed by atoms with Gasteiger partial charge in [-0.3, -0.25) is 14.4 Å². The van der Waals surface area contributed by atoms with Crippen molar-refractivity contribution in [2.45, 2.75) is 13.8 Å². The quantitative estimate of drug-likeness (QED) is 0.393. The lowest BCUT2D eigenvalue weighted by Crippen LogP contribution is -2.35. The highest BCUT2D eigenvalue weighted by molar-refractivity contribution is 6.32. The zero-order valence-electron chi connectivity index (χ0n) is 20.4. The van der Waals surface area contributed by atoms with Gasteiger partial charge in [-0.2, -0.15) is 0 Å². The Bertz CT molecular complexity index is 1200. The molecular formula is C25H29N5O5. The van der Waals surface area contributed by atoms with Crippen LogP contribution in [0.15, 0.2) is 42.6 Å². The molecule has 184 valence electrons. The van der Waals surface area contributed by atoms with Crippen molar-refractivity contribution in [3.8, 4) is 0 Å². The molecule has 1 heterocycles. The highest BCUT2D eigenvalue weighted by Gasteiger charge is 2.25. The van der Waals surface area contributed by atoms with Crippen LogP contribution in [0.2, 0.25) is 0 Å². The summed E-state index contributed by atoms with van der Waals surface area (Å²) in [5.41, 5.74) is 3.49. The lowest BCUT2D eigenvalue weighted by Gasteiger charge is -2.23. The number of carbonyl (C=O) groups is 4. The van der Waals surface area contributed by atoms with E-state index in [1.165, 1.54) is 11.8 Å². The maximum absolute atomic E-state index is 12.5. The molecule has 10 nitrogen and oxygen atoms in total. The minimum absolute atomic E-state index is 0.133. The van der Waals surface area contributed by atoms with Crippen LogP contribution >= 0.6 is 0 Å². The van der Waals surface area contributed by atoms with Crippen LogP contribution in [-0.2, 0) is 19.1 Å². The van der Waals surface area contributed by atoms with Crippen LogP contribution in [0, 0.1) is 0 Å². The molecule has 3 N–H and O–H groups in total. The highest BCUT2D eigenvalue weighted by atomic mass is 16.5. The maximum Gasteiger partial charge on any atom is 0.338 e. The van der Waals surface area contributed by atoms with E-state index in [0.717, 1.165) is 0 Å². The van der Waals surface area contributed by atoms with Crippen molar-refractivity contribution in [2.24, 2.45) is 0 Å². The number of ether oxygens (including phenoxy) is 1. The fourth-order valence-corrected chi connectivity index (χ4v) is 3.55. The Morgan fingerprint density at radius 1 is 1.09 bits per heavy atom. The number of rotatable bonds is 8. The Hall–Kier alpha value is -4.18. The smallest absolute Gasteiger partial charge is 0.338 e. The average molecular weight is 480 g/mol. The maximum atomic E-state index is 12.5. The fraction of sp³-hybridized carbons (Fsp3) is 0.280. The van der Waals surface area contributed by atoms with E-state index < -0.39 is 5.97 Å². The van der Waals surface area contributed by atoms with Crippen LogP contribution in [0.3, 0.4) is 0 Å². The van der Waals surface area contributed by atoms with Gasteiger partial charge in [-0.1, -0.05) is 6.07 Å². The molecule has 1 aliphatic rings. The van der Waals surface area contributed by atoms with Crippen molar-refractivity contribution < 1.29 is 23.9 Å². The third-order valence-corrected chi connectivity index (χ3v) is 5.19. The van der Waals surface area contributed by atoms with Gasteiger partial charge in [-0.05, 0) is 51.4 Å². The Balaban J connectivity index is 1.86. The van der Waals surface area contributed by atoms with Gasteiger partial charge in [0.25, 0.3) is 5.91 Å². The van der Waals surface area contributed by atoms with E-state index in [9.17, 15) is 19.2 Å². The van der Waals surface area contributed by atoms with Gasteiger partial charge in [-0.15, -0.1) is 0 Å². The zero-order chi connectivity index (χ0) is 25.7. The molecule has 3 amide bonds. The van der Waals surface area contributed by atoms with Crippen molar-refractivity contribution in [3.63, 3.8) is 0 Å². The summed E-state index contributed by atoms with van der Waals surface area (Å²) in [7, 11) is 5.25. The van der Waals surface area contributed by atoms with Gasteiger partial charge in [0.1, 0.15) is 0 Å². The van der Waals surface area contributed by atoms with Crippen LogP contribution in [-0.4, -0.2) is 62.9 Å². The summed E-state index contributed by atoms with van der Waals surface area (Å²) < 4.78 is 5.01. The molecule has 2 aromatic rings. The monoisotopic (exact) mass is 479 g/mol. The number of hydrogen-bond donors (Lipinski definition) is 3. The number of fused-ring (bicyclic) bond motifs is 1. The largest absolute Gasteiger partial charge is 0.462 e. The third kappa shape index (κ3) is 6.04. The van der Waals surface area contributed by atoms with Gasteiger partial charge in [0.05, 0.1) is 35.7 Å². The standard InChI is InChI=1S/C25H29N5O5/c1-6-35-25(34)16-7-9-18-19(24(33)28-20(18)11-16)13-26-17-8-10-22(21(12-17)27-15(2)31)30(5)23(32)14-29(3)4/h7-13,26H,6,14H2,1-5H3,(H,27,31)(H,28,33)/b19-13-. The lowest BCUT2D eigenvalue weighted by atomic mass is 10.1. The molecule has 0 atom stereocenters. The average Bonchev–Trinajstić information content (AvgIpc) is 3.10. The number of nitrogens with zero attached hydrogens (tertiary/aromatic N) is 2. The predicted molar refractivity (Wildman–Crippen MR) is 135 cm³/mol. The number of amides is 3. The lowest BCUT2D eigenvalue weighted by molar-refractivity contribution is -0.119. The van der Waals surface area contributed by atoms with E-state index in [1.54, 1.807) is 75.6 Å².